The van der Waals surface area contributed by atoms with Crippen molar-refractivity contribution < 1.29 is 13.5 Å². The van der Waals surface area contributed by atoms with Gasteiger partial charge in [-0.15, -0.1) is 0 Å². The lowest BCUT2D eigenvalue weighted by Gasteiger charge is -2.62. The van der Waals surface area contributed by atoms with Gasteiger partial charge in [-0.3, -0.25) is 0 Å². The second-order valence-electron chi connectivity index (χ2n) is 21.6. The minimum absolute atomic E-state index is 0.0318. The van der Waals surface area contributed by atoms with Crippen LogP contribution >= 0.6 is 11.6 Å². The number of aliphatic hydroxyl groups is 1. The Morgan fingerprint density at radius 1 is 0.864 bits per heavy atom. The molecule has 1 unspecified atom stereocenters. The predicted molar refractivity (Wildman–Crippen MR) is 269 cm³/mol. The Morgan fingerprint density at radius 2 is 1.52 bits per heavy atom. The number of benzene rings is 2. The van der Waals surface area contributed by atoms with Gasteiger partial charge in [-0.1, -0.05) is 83.3 Å². The Morgan fingerprint density at radius 3 is 2.14 bits per heavy atom. The van der Waals surface area contributed by atoms with E-state index in [1.807, 2.05) is 42.3 Å². The summed E-state index contributed by atoms with van der Waals surface area (Å²) in [5.41, 5.74) is 25.4. The standard InChI is InChI=1S/C30H51NO.C12H13ClN4.C10H10N4O2S/c1-19(9-12-24-27(4,5)31-24)20-13-17-30(8)22-10-11-23-26(2,3)25(32)15-16-28(23,6)21(22)14-18-29(20,30)7;1-2-9-10(11(14)17-12(15)16-9)7-3-5-8(13)6-4-7;11-8-2-4-9(5-3-8)17(15,16)14-10-12-6-1-7-13-10/h19-20,23-25,31-32H,9-18H2,1-8H3;3-6H,2H2,1H3,(H4,14,15,16,17);1-7H,11H2,(H,12,13,14)/t19-,20-,23+,24?,25+,28-,29-,30+;;/m1../s1. The van der Waals surface area contributed by atoms with Crippen LogP contribution in [0.3, 0.4) is 0 Å². The molecule has 9 rings (SSSR count). The highest BCUT2D eigenvalue weighted by Gasteiger charge is 2.63. The summed E-state index contributed by atoms with van der Waals surface area (Å²) >= 11 is 5.86. The Hall–Kier alpha value is -4.30. The Labute approximate surface area is 398 Å². The van der Waals surface area contributed by atoms with Crippen molar-refractivity contribution in [1.29, 1.82) is 0 Å². The number of aromatic nitrogens is 4. The van der Waals surface area contributed by atoms with Crippen molar-refractivity contribution in [2.24, 2.45) is 39.4 Å². The Bertz CT molecular complexity index is 2500. The quantitative estimate of drug-likeness (QED) is 0.0527. The highest BCUT2D eigenvalue weighted by atomic mass is 35.5. The molecule has 0 spiro atoms. The number of nitrogens with two attached hydrogens (primary N) is 3. The van der Waals surface area contributed by atoms with Gasteiger partial charge in [0, 0.05) is 40.2 Å². The molecular weight excluding hydrogens is 866 g/mol. The van der Waals surface area contributed by atoms with E-state index in [1.54, 1.807) is 6.07 Å². The first kappa shape index (κ1) is 49.6. The summed E-state index contributed by atoms with van der Waals surface area (Å²) in [6, 6.07) is 15.6. The van der Waals surface area contributed by atoms with E-state index in [0.717, 1.165) is 47.5 Å². The van der Waals surface area contributed by atoms with E-state index in [2.05, 4.69) is 85.4 Å². The summed E-state index contributed by atoms with van der Waals surface area (Å²) < 4.78 is 26.0. The SMILES string of the molecule is CCc1nc(N)nc(N)c1-c1ccc(Cl)cc1.C[C@H](CCC1NC1(C)C)[C@H]1CC[C@@]2(C)C3=C(CC[C@]12C)[C@@]1(C)CC[C@H](O)C(C)(C)[C@@H]1CC3.Nc1ccc(S(=O)(=O)Nc2ncccn2)cc1. The molecule has 1 saturated heterocycles. The topological polar surface area (TPSA) is 218 Å². The first-order valence-corrected chi connectivity index (χ1v) is 25.8. The second-order valence-corrected chi connectivity index (χ2v) is 23.7. The molecule has 2 aromatic carbocycles. The van der Waals surface area contributed by atoms with Crippen molar-refractivity contribution in [2.45, 2.75) is 156 Å². The molecule has 0 bridgehead atoms. The number of sulfonamides is 1. The highest BCUT2D eigenvalue weighted by molar-refractivity contribution is 7.92. The van der Waals surface area contributed by atoms with Crippen molar-refractivity contribution >= 4 is 45.0 Å². The van der Waals surface area contributed by atoms with Gasteiger partial charge in [-0.05, 0) is 172 Å². The molecule has 9 N–H and O–H groups in total. The van der Waals surface area contributed by atoms with E-state index in [1.165, 1.54) is 94.4 Å². The van der Waals surface area contributed by atoms with Crippen molar-refractivity contribution in [3.8, 4) is 11.1 Å². The molecule has 5 aliphatic rings. The maximum atomic E-state index is 11.9. The smallest absolute Gasteiger partial charge is 0.264 e. The lowest BCUT2D eigenvalue weighted by Crippen LogP contribution is -2.55. The monoisotopic (exact) mass is 940 g/mol. The van der Waals surface area contributed by atoms with E-state index in [4.69, 9.17) is 28.8 Å². The number of halogens is 1. The number of hydrogen-bond acceptors (Lipinski definition) is 11. The molecule has 3 heterocycles. The minimum atomic E-state index is -3.66. The van der Waals surface area contributed by atoms with E-state index >= 15 is 0 Å². The lowest BCUT2D eigenvalue weighted by atomic mass is 9.43. The Kier molecular flexibility index (Phi) is 14.0. The largest absolute Gasteiger partial charge is 0.399 e. The summed E-state index contributed by atoms with van der Waals surface area (Å²) in [6.07, 6.45) is 16.5. The number of allylic oxidation sites excluding steroid dienone is 2. The van der Waals surface area contributed by atoms with Gasteiger partial charge in [0.1, 0.15) is 5.82 Å². The van der Waals surface area contributed by atoms with Crippen molar-refractivity contribution in [3.05, 3.63) is 88.9 Å². The molecule has 1 aliphatic heterocycles. The van der Waals surface area contributed by atoms with Gasteiger partial charge in [-0.2, -0.15) is 4.98 Å². The number of hydrogen-bond donors (Lipinski definition) is 6. The van der Waals surface area contributed by atoms with E-state index < -0.39 is 10.0 Å². The number of fused-ring (bicyclic) bond motifs is 4. The van der Waals surface area contributed by atoms with E-state index in [-0.39, 0.29) is 28.3 Å². The summed E-state index contributed by atoms with van der Waals surface area (Å²) in [6.45, 7) is 21.9. The average molecular weight is 941 g/mol. The van der Waals surface area contributed by atoms with Gasteiger partial charge >= 0.3 is 0 Å². The Balaban J connectivity index is 0.000000161. The maximum Gasteiger partial charge on any atom is 0.264 e. The molecule has 2 saturated carbocycles. The van der Waals surface area contributed by atoms with Gasteiger partial charge in [0.25, 0.3) is 10.0 Å². The van der Waals surface area contributed by atoms with Crippen LogP contribution in [0.1, 0.15) is 132 Å². The summed E-state index contributed by atoms with van der Waals surface area (Å²) in [4.78, 5) is 15.9. The zero-order valence-electron chi connectivity index (χ0n) is 40.6. The molecule has 14 heteroatoms. The third-order valence-electron chi connectivity index (χ3n) is 17.2. The zero-order valence-corrected chi connectivity index (χ0v) is 42.2. The fraction of sp³-hybridized carbons (Fsp3) is 0.577. The van der Waals surface area contributed by atoms with Gasteiger partial charge in [0.15, 0.2) is 0 Å². The number of aryl methyl sites for hydroxylation is 1. The summed E-state index contributed by atoms with van der Waals surface area (Å²) in [7, 11) is -3.66. The van der Waals surface area contributed by atoms with Crippen LogP contribution in [0.25, 0.3) is 11.1 Å². The molecule has 0 amide bonds. The molecule has 4 aliphatic carbocycles. The van der Waals surface area contributed by atoms with Crippen molar-refractivity contribution in [3.63, 3.8) is 0 Å². The maximum absolute atomic E-state index is 11.9. The summed E-state index contributed by atoms with van der Waals surface area (Å²) in [5.74, 6) is 2.98. The van der Waals surface area contributed by atoms with Crippen LogP contribution in [0.15, 0.2) is 83.0 Å². The molecule has 0 radical (unpaired) electrons. The number of rotatable bonds is 9. The predicted octanol–water partition coefficient (Wildman–Crippen LogP) is 10.6. The second kappa shape index (κ2) is 18.7. The molecule has 8 atom stereocenters. The van der Waals surface area contributed by atoms with E-state index in [9.17, 15) is 13.5 Å². The average Bonchev–Trinajstić information content (AvgIpc) is 3.78. The molecule has 66 heavy (non-hydrogen) atoms. The normalized spacial score (nSPS) is 29.7. The molecule has 3 fully saturated rings. The van der Waals surface area contributed by atoms with Gasteiger partial charge in [0.05, 0.1) is 16.7 Å². The van der Waals surface area contributed by atoms with Gasteiger partial charge in [-0.25, -0.2) is 28.1 Å². The van der Waals surface area contributed by atoms with Gasteiger partial charge < -0.3 is 27.6 Å². The van der Waals surface area contributed by atoms with Crippen LogP contribution in [-0.4, -0.2) is 51.1 Å². The van der Waals surface area contributed by atoms with Crippen LogP contribution in [0.2, 0.25) is 5.02 Å². The molecule has 2 aromatic heterocycles. The third-order valence-corrected chi connectivity index (χ3v) is 18.8. The number of nitrogens with zero attached hydrogens (tertiary/aromatic N) is 4. The lowest BCUT2D eigenvalue weighted by molar-refractivity contribution is -0.0962. The van der Waals surface area contributed by atoms with Gasteiger partial charge in [0.2, 0.25) is 11.9 Å². The minimum Gasteiger partial charge on any atom is -0.399 e. The molecular formula is C52H74ClN9O3S. The third kappa shape index (κ3) is 9.56. The first-order valence-electron chi connectivity index (χ1n) is 24.0. The number of aliphatic hydroxyl groups excluding tert-OH is 1. The van der Waals surface area contributed by atoms with Crippen LogP contribution in [-0.2, 0) is 16.4 Å². The molecule has 12 nitrogen and oxygen atoms in total. The molecule has 4 aromatic rings. The molecule has 358 valence electrons. The van der Waals surface area contributed by atoms with Crippen molar-refractivity contribution in [1.82, 2.24) is 25.3 Å². The van der Waals surface area contributed by atoms with Crippen LogP contribution < -0.4 is 27.2 Å². The first-order chi connectivity index (χ1) is 31.0. The summed E-state index contributed by atoms with van der Waals surface area (Å²) in [5, 5.41) is 15.2. The fourth-order valence-corrected chi connectivity index (χ4v) is 14.1. The number of nitrogen functional groups attached to an aromatic ring is 3. The highest BCUT2D eigenvalue weighted by Crippen LogP contribution is 2.72. The number of anilines is 4. The van der Waals surface area contributed by atoms with Crippen molar-refractivity contribution in [2.75, 3.05) is 21.9 Å². The number of nitrogens with one attached hydrogen (secondary N) is 2. The van der Waals surface area contributed by atoms with E-state index in [0.29, 0.717) is 44.2 Å². The fourth-order valence-electron chi connectivity index (χ4n) is 13.0. The zero-order chi connectivity index (χ0) is 48.0. The van der Waals surface area contributed by atoms with Crippen LogP contribution in [0.4, 0.5) is 23.4 Å². The van der Waals surface area contributed by atoms with Crippen LogP contribution in [0.5, 0.6) is 0 Å². The van der Waals surface area contributed by atoms with Crippen LogP contribution in [0, 0.1) is 39.4 Å².